The van der Waals surface area contributed by atoms with E-state index in [1.165, 1.54) is 0 Å². The first-order valence-corrected chi connectivity index (χ1v) is 5.56. The molecular formula is C10H9BrN2O3. The number of furan rings is 1. The van der Waals surface area contributed by atoms with Gasteiger partial charge in [0.05, 0.1) is 19.2 Å². The Hall–Kier alpha value is -1.32. The number of nitrogens with zero attached hydrogens (tertiary/aromatic N) is 2. The third-order valence-corrected chi connectivity index (χ3v) is 2.71. The molecule has 1 aromatic rings. The van der Waals surface area contributed by atoms with Crippen molar-refractivity contribution in [2.75, 3.05) is 19.7 Å². The maximum atomic E-state index is 11.9. The van der Waals surface area contributed by atoms with Crippen LogP contribution in [-0.4, -0.2) is 36.6 Å². The molecule has 1 saturated heterocycles. The average Bonchev–Trinajstić information content (AvgIpc) is 2.75. The molecule has 1 atom stereocenters. The zero-order valence-electron chi connectivity index (χ0n) is 8.35. The van der Waals surface area contributed by atoms with Crippen molar-refractivity contribution in [3.63, 3.8) is 0 Å². The fourth-order valence-electron chi connectivity index (χ4n) is 1.50. The van der Waals surface area contributed by atoms with Crippen LogP contribution in [0, 0.1) is 11.3 Å². The molecule has 84 valence electrons. The zero-order valence-corrected chi connectivity index (χ0v) is 9.94. The van der Waals surface area contributed by atoms with Crippen molar-refractivity contribution in [3.8, 4) is 6.07 Å². The summed E-state index contributed by atoms with van der Waals surface area (Å²) in [6.45, 7) is 1.15. The minimum atomic E-state index is -0.545. The van der Waals surface area contributed by atoms with Gasteiger partial charge in [0, 0.05) is 6.54 Å². The molecule has 1 fully saturated rings. The number of hydrogen-bond donors (Lipinski definition) is 0. The third-order valence-electron chi connectivity index (χ3n) is 2.28. The first kappa shape index (κ1) is 11.2. The van der Waals surface area contributed by atoms with Gasteiger partial charge in [0.25, 0.3) is 5.91 Å². The van der Waals surface area contributed by atoms with Crippen molar-refractivity contribution >= 4 is 21.8 Å². The molecule has 0 aromatic carbocycles. The molecule has 5 nitrogen and oxygen atoms in total. The van der Waals surface area contributed by atoms with Crippen molar-refractivity contribution in [3.05, 3.63) is 22.6 Å². The van der Waals surface area contributed by atoms with Gasteiger partial charge in [0.15, 0.2) is 16.5 Å². The van der Waals surface area contributed by atoms with Crippen LogP contribution >= 0.6 is 15.9 Å². The Morgan fingerprint density at radius 2 is 2.44 bits per heavy atom. The monoisotopic (exact) mass is 284 g/mol. The van der Waals surface area contributed by atoms with Gasteiger partial charge in [-0.1, -0.05) is 0 Å². The highest BCUT2D eigenvalue weighted by molar-refractivity contribution is 9.10. The molecule has 1 aliphatic heterocycles. The van der Waals surface area contributed by atoms with E-state index in [0.29, 0.717) is 17.8 Å². The Morgan fingerprint density at radius 3 is 3.06 bits per heavy atom. The fraction of sp³-hybridized carbons (Fsp3) is 0.400. The molecular weight excluding hydrogens is 276 g/mol. The molecule has 0 N–H and O–H groups in total. The van der Waals surface area contributed by atoms with Crippen LogP contribution in [0.2, 0.25) is 0 Å². The fourth-order valence-corrected chi connectivity index (χ4v) is 1.80. The summed E-state index contributed by atoms with van der Waals surface area (Å²) < 4.78 is 10.8. The largest absolute Gasteiger partial charge is 0.444 e. The molecule has 6 heteroatoms. The van der Waals surface area contributed by atoms with Crippen molar-refractivity contribution in [1.29, 1.82) is 5.26 Å². The number of nitriles is 1. The zero-order chi connectivity index (χ0) is 11.5. The first-order valence-electron chi connectivity index (χ1n) is 4.76. The smallest absolute Gasteiger partial charge is 0.289 e. The highest BCUT2D eigenvalue weighted by Gasteiger charge is 2.26. The predicted molar refractivity (Wildman–Crippen MR) is 57.7 cm³/mol. The van der Waals surface area contributed by atoms with Crippen LogP contribution in [0.15, 0.2) is 21.2 Å². The lowest BCUT2D eigenvalue weighted by atomic mass is 10.2. The SMILES string of the molecule is N#CC1CN(C(=O)c2ccc(Br)o2)CCO1. The highest BCUT2D eigenvalue weighted by atomic mass is 79.9. The summed E-state index contributed by atoms with van der Waals surface area (Å²) in [5.41, 5.74) is 0. The summed E-state index contributed by atoms with van der Waals surface area (Å²) in [5.74, 6) is 0.0553. The number of carbonyl (C=O) groups excluding carboxylic acids is 1. The van der Waals surface area contributed by atoms with E-state index in [1.807, 2.05) is 6.07 Å². The molecule has 16 heavy (non-hydrogen) atoms. The molecule has 0 radical (unpaired) electrons. The van der Waals surface area contributed by atoms with Crippen molar-refractivity contribution in [2.45, 2.75) is 6.10 Å². The van der Waals surface area contributed by atoms with Gasteiger partial charge in [-0.2, -0.15) is 5.26 Å². The van der Waals surface area contributed by atoms with E-state index in [1.54, 1.807) is 17.0 Å². The lowest BCUT2D eigenvalue weighted by molar-refractivity contribution is 0.00207. The van der Waals surface area contributed by atoms with E-state index in [-0.39, 0.29) is 18.2 Å². The minimum absolute atomic E-state index is 0.214. The first-order chi connectivity index (χ1) is 7.70. The number of ether oxygens (including phenoxy) is 1. The Bertz CT molecular complexity index is 438. The second kappa shape index (κ2) is 4.68. The van der Waals surface area contributed by atoms with Crippen LogP contribution in [0.4, 0.5) is 0 Å². The van der Waals surface area contributed by atoms with Crippen molar-refractivity contribution < 1.29 is 13.9 Å². The summed E-state index contributed by atoms with van der Waals surface area (Å²) in [6.07, 6.45) is -0.545. The lowest BCUT2D eigenvalue weighted by Gasteiger charge is -2.28. The molecule has 1 aromatic heterocycles. The average molecular weight is 285 g/mol. The van der Waals surface area contributed by atoms with Crippen LogP contribution in [0.25, 0.3) is 0 Å². The van der Waals surface area contributed by atoms with E-state index in [4.69, 9.17) is 14.4 Å². The van der Waals surface area contributed by atoms with Gasteiger partial charge >= 0.3 is 0 Å². The normalized spacial score (nSPS) is 20.5. The van der Waals surface area contributed by atoms with Gasteiger partial charge in [-0.25, -0.2) is 0 Å². The van der Waals surface area contributed by atoms with Crippen LogP contribution in [0.1, 0.15) is 10.6 Å². The maximum absolute atomic E-state index is 11.9. The van der Waals surface area contributed by atoms with Crippen LogP contribution in [0.3, 0.4) is 0 Å². The molecule has 0 saturated carbocycles. The number of hydrogen-bond acceptors (Lipinski definition) is 4. The second-order valence-electron chi connectivity index (χ2n) is 3.34. The minimum Gasteiger partial charge on any atom is -0.444 e. The maximum Gasteiger partial charge on any atom is 0.289 e. The lowest BCUT2D eigenvalue weighted by Crippen LogP contribution is -2.45. The molecule has 0 spiro atoms. The Morgan fingerprint density at radius 1 is 1.62 bits per heavy atom. The Kier molecular flexibility index (Phi) is 3.27. The molecule has 1 aliphatic rings. The molecule has 0 bridgehead atoms. The number of morpholine rings is 1. The molecule has 1 amide bonds. The predicted octanol–water partition coefficient (Wildman–Crippen LogP) is 1.41. The van der Waals surface area contributed by atoms with Gasteiger partial charge in [0.2, 0.25) is 0 Å². The van der Waals surface area contributed by atoms with Gasteiger partial charge in [0.1, 0.15) is 0 Å². The number of carbonyl (C=O) groups is 1. The van der Waals surface area contributed by atoms with Gasteiger partial charge in [-0.15, -0.1) is 0 Å². The summed E-state index contributed by atoms with van der Waals surface area (Å²) in [7, 11) is 0. The Balaban J connectivity index is 2.08. The summed E-state index contributed by atoms with van der Waals surface area (Å²) in [4.78, 5) is 13.5. The number of rotatable bonds is 1. The number of halogens is 1. The number of amides is 1. The van der Waals surface area contributed by atoms with Crippen molar-refractivity contribution in [1.82, 2.24) is 4.90 Å². The molecule has 0 aliphatic carbocycles. The van der Waals surface area contributed by atoms with E-state index >= 15 is 0 Å². The molecule has 2 rings (SSSR count). The summed E-state index contributed by atoms with van der Waals surface area (Å²) in [5, 5.41) is 8.72. The summed E-state index contributed by atoms with van der Waals surface area (Å²) >= 11 is 3.14. The highest BCUT2D eigenvalue weighted by Crippen LogP contribution is 2.17. The van der Waals surface area contributed by atoms with Crippen LogP contribution in [0.5, 0.6) is 0 Å². The van der Waals surface area contributed by atoms with Crippen LogP contribution < -0.4 is 0 Å². The third kappa shape index (κ3) is 2.26. The van der Waals surface area contributed by atoms with E-state index in [2.05, 4.69) is 15.9 Å². The van der Waals surface area contributed by atoms with E-state index < -0.39 is 6.10 Å². The molecule has 1 unspecified atom stereocenters. The standard InChI is InChI=1S/C10H9BrN2O3/c11-9-2-1-8(16-9)10(14)13-3-4-15-7(5-12)6-13/h1-2,7H,3-4,6H2. The quantitative estimate of drug-likeness (QED) is 0.782. The van der Waals surface area contributed by atoms with E-state index in [0.717, 1.165) is 0 Å². The Labute approximate surface area is 101 Å². The second-order valence-corrected chi connectivity index (χ2v) is 4.13. The van der Waals surface area contributed by atoms with Gasteiger partial charge in [-0.05, 0) is 28.1 Å². The molecule has 2 heterocycles. The van der Waals surface area contributed by atoms with Gasteiger partial charge in [-0.3, -0.25) is 4.79 Å². The topological polar surface area (TPSA) is 66.5 Å². The van der Waals surface area contributed by atoms with Gasteiger partial charge < -0.3 is 14.1 Å². The summed E-state index contributed by atoms with van der Waals surface area (Å²) in [6, 6.07) is 5.25. The van der Waals surface area contributed by atoms with Crippen molar-refractivity contribution in [2.24, 2.45) is 0 Å². The van der Waals surface area contributed by atoms with Crippen LogP contribution in [-0.2, 0) is 4.74 Å². The van der Waals surface area contributed by atoms with E-state index in [9.17, 15) is 4.79 Å².